The molecule has 82 valence electrons. The quantitative estimate of drug-likeness (QED) is 0.531. The first-order valence-corrected chi connectivity index (χ1v) is 4.77. The average Bonchev–Trinajstić information content (AvgIpc) is 2.27. The van der Waals surface area contributed by atoms with E-state index in [1.807, 2.05) is 0 Å². The number of nitrogen functional groups attached to an aromatic ring is 2. The molecule has 0 saturated carbocycles. The lowest BCUT2D eigenvalue weighted by Gasteiger charge is -2.07. The maximum atomic E-state index is 9.25. The highest BCUT2D eigenvalue weighted by molar-refractivity contribution is 5.56. The number of phenolic OH excluding ortho intramolecular Hbond substituents is 1. The van der Waals surface area contributed by atoms with E-state index in [9.17, 15) is 5.11 Å². The fraction of sp³-hybridized carbons (Fsp3) is 0. The van der Waals surface area contributed by atoms with Crippen molar-refractivity contribution in [3.8, 4) is 17.2 Å². The van der Waals surface area contributed by atoms with Gasteiger partial charge in [-0.25, -0.2) is 0 Å². The van der Waals surface area contributed by atoms with E-state index < -0.39 is 0 Å². The van der Waals surface area contributed by atoms with Crippen LogP contribution in [0, 0.1) is 0 Å². The van der Waals surface area contributed by atoms with Gasteiger partial charge in [-0.05, 0) is 36.4 Å². The first-order valence-electron chi connectivity index (χ1n) is 4.77. The third kappa shape index (κ3) is 2.17. The summed E-state index contributed by atoms with van der Waals surface area (Å²) in [4.78, 5) is 0. The molecule has 4 heteroatoms. The molecule has 5 N–H and O–H groups in total. The molecule has 16 heavy (non-hydrogen) atoms. The van der Waals surface area contributed by atoms with Crippen molar-refractivity contribution in [2.75, 3.05) is 11.5 Å². The van der Waals surface area contributed by atoms with Crippen LogP contribution in [0.4, 0.5) is 11.4 Å². The summed E-state index contributed by atoms with van der Waals surface area (Å²) >= 11 is 0. The van der Waals surface area contributed by atoms with Crippen LogP contribution in [-0.2, 0) is 0 Å². The van der Waals surface area contributed by atoms with Gasteiger partial charge in [0, 0.05) is 11.8 Å². The molecule has 0 heterocycles. The van der Waals surface area contributed by atoms with E-state index in [0.29, 0.717) is 17.2 Å². The van der Waals surface area contributed by atoms with Gasteiger partial charge in [-0.2, -0.15) is 0 Å². The van der Waals surface area contributed by atoms with E-state index in [4.69, 9.17) is 16.2 Å². The number of phenols is 1. The number of aromatic hydroxyl groups is 1. The summed E-state index contributed by atoms with van der Waals surface area (Å²) in [5.41, 5.74) is 12.1. The van der Waals surface area contributed by atoms with Crippen molar-refractivity contribution >= 4 is 11.4 Å². The number of benzene rings is 2. The van der Waals surface area contributed by atoms with Crippen molar-refractivity contribution < 1.29 is 9.84 Å². The molecule has 0 aliphatic carbocycles. The zero-order chi connectivity index (χ0) is 11.5. The van der Waals surface area contributed by atoms with Crippen LogP contribution in [0.3, 0.4) is 0 Å². The van der Waals surface area contributed by atoms with Crippen molar-refractivity contribution in [3.63, 3.8) is 0 Å². The first-order chi connectivity index (χ1) is 7.65. The van der Waals surface area contributed by atoms with Crippen LogP contribution in [-0.4, -0.2) is 5.11 Å². The van der Waals surface area contributed by atoms with E-state index in [1.54, 1.807) is 36.4 Å². The van der Waals surface area contributed by atoms with Gasteiger partial charge >= 0.3 is 0 Å². The summed E-state index contributed by atoms with van der Waals surface area (Å²) in [6.45, 7) is 0. The molecule has 0 atom stereocenters. The number of ether oxygens (including phenoxy) is 1. The Morgan fingerprint density at radius 3 is 2.12 bits per heavy atom. The SMILES string of the molecule is Nc1ccc(Oc2ccc(O)c(N)c2)cc1. The Balaban J connectivity index is 2.20. The summed E-state index contributed by atoms with van der Waals surface area (Å²) in [6.07, 6.45) is 0. The standard InChI is InChI=1S/C12H12N2O2/c13-8-1-3-9(4-2-8)16-10-5-6-12(15)11(14)7-10/h1-7,15H,13-14H2. The molecule has 0 saturated heterocycles. The van der Waals surface area contributed by atoms with E-state index >= 15 is 0 Å². The smallest absolute Gasteiger partial charge is 0.138 e. The third-order valence-electron chi connectivity index (χ3n) is 2.11. The Morgan fingerprint density at radius 1 is 0.875 bits per heavy atom. The van der Waals surface area contributed by atoms with Crippen LogP contribution < -0.4 is 16.2 Å². The monoisotopic (exact) mass is 216 g/mol. The Bertz CT molecular complexity index is 495. The van der Waals surface area contributed by atoms with Gasteiger partial charge in [-0.15, -0.1) is 0 Å². The minimum atomic E-state index is 0.0460. The van der Waals surface area contributed by atoms with Crippen LogP contribution in [0.2, 0.25) is 0 Å². The Hall–Kier alpha value is -2.36. The molecule has 2 aromatic rings. The average molecular weight is 216 g/mol. The lowest BCUT2D eigenvalue weighted by Crippen LogP contribution is -1.89. The predicted molar refractivity (Wildman–Crippen MR) is 63.4 cm³/mol. The minimum absolute atomic E-state index is 0.0460. The van der Waals surface area contributed by atoms with E-state index in [-0.39, 0.29) is 11.4 Å². The summed E-state index contributed by atoms with van der Waals surface area (Å²) in [7, 11) is 0. The largest absolute Gasteiger partial charge is 0.506 e. The molecular weight excluding hydrogens is 204 g/mol. The van der Waals surface area contributed by atoms with Gasteiger partial charge in [0.05, 0.1) is 5.69 Å². The molecule has 0 amide bonds. The van der Waals surface area contributed by atoms with Crippen LogP contribution >= 0.6 is 0 Å². The number of hydrogen-bond acceptors (Lipinski definition) is 4. The van der Waals surface area contributed by atoms with Gasteiger partial charge in [-0.1, -0.05) is 0 Å². The van der Waals surface area contributed by atoms with Gasteiger partial charge in [0.25, 0.3) is 0 Å². The highest BCUT2D eigenvalue weighted by Gasteiger charge is 2.01. The Morgan fingerprint density at radius 2 is 1.50 bits per heavy atom. The maximum Gasteiger partial charge on any atom is 0.138 e. The van der Waals surface area contributed by atoms with E-state index in [0.717, 1.165) is 0 Å². The fourth-order valence-corrected chi connectivity index (χ4v) is 1.27. The summed E-state index contributed by atoms with van der Waals surface area (Å²) in [5, 5.41) is 9.25. The van der Waals surface area contributed by atoms with Crippen LogP contribution in [0.25, 0.3) is 0 Å². The van der Waals surface area contributed by atoms with Crippen LogP contribution in [0.15, 0.2) is 42.5 Å². The lowest BCUT2D eigenvalue weighted by atomic mass is 10.2. The second kappa shape index (κ2) is 4.02. The second-order valence-corrected chi connectivity index (χ2v) is 3.39. The highest BCUT2D eigenvalue weighted by Crippen LogP contribution is 2.28. The molecule has 2 aromatic carbocycles. The van der Waals surface area contributed by atoms with E-state index in [1.165, 1.54) is 6.07 Å². The zero-order valence-corrected chi connectivity index (χ0v) is 8.55. The third-order valence-corrected chi connectivity index (χ3v) is 2.11. The molecular formula is C12H12N2O2. The zero-order valence-electron chi connectivity index (χ0n) is 8.55. The van der Waals surface area contributed by atoms with Crippen molar-refractivity contribution in [2.24, 2.45) is 0 Å². The second-order valence-electron chi connectivity index (χ2n) is 3.39. The minimum Gasteiger partial charge on any atom is -0.506 e. The fourth-order valence-electron chi connectivity index (χ4n) is 1.27. The van der Waals surface area contributed by atoms with Gasteiger partial charge in [0.15, 0.2) is 0 Å². The molecule has 0 radical (unpaired) electrons. The number of anilines is 2. The summed E-state index contributed by atoms with van der Waals surface area (Å²) in [5.74, 6) is 1.28. The van der Waals surface area contributed by atoms with Gasteiger partial charge in [0.2, 0.25) is 0 Å². The summed E-state index contributed by atoms with van der Waals surface area (Å²) < 4.78 is 5.52. The van der Waals surface area contributed by atoms with Crippen molar-refractivity contribution in [2.45, 2.75) is 0 Å². The molecule has 0 aromatic heterocycles. The topological polar surface area (TPSA) is 81.5 Å². The predicted octanol–water partition coefficient (Wildman–Crippen LogP) is 2.35. The van der Waals surface area contributed by atoms with Gasteiger partial charge in [0.1, 0.15) is 17.2 Å². The molecule has 0 aliphatic heterocycles. The maximum absolute atomic E-state index is 9.25. The lowest BCUT2D eigenvalue weighted by molar-refractivity contribution is 0.467. The van der Waals surface area contributed by atoms with E-state index in [2.05, 4.69) is 0 Å². The first kappa shape index (κ1) is 10.2. The number of rotatable bonds is 2. The van der Waals surface area contributed by atoms with Crippen molar-refractivity contribution in [3.05, 3.63) is 42.5 Å². The molecule has 0 aliphatic rings. The normalized spacial score (nSPS) is 10.0. The van der Waals surface area contributed by atoms with Crippen molar-refractivity contribution in [1.29, 1.82) is 0 Å². The molecule has 0 spiro atoms. The Kier molecular flexibility index (Phi) is 2.55. The molecule has 0 bridgehead atoms. The number of hydrogen-bond donors (Lipinski definition) is 3. The molecule has 2 rings (SSSR count). The van der Waals surface area contributed by atoms with Crippen molar-refractivity contribution in [1.82, 2.24) is 0 Å². The highest BCUT2D eigenvalue weighted by atomic mass is 16.5. The van der Waals surface area contributed by atoms with Crippen LogP contribution in [0.5, 0.6) is 17.2 Å². The summed E-state index contributed by atoms with van der Waals surface area (Å²) in [6, 6.07) is 11.7. The van der Waals surface area contributed by atoms with Crippen LogP contribution in [0.1, 0.15) is 0 Å². The Labute approximate surface area is 93.1 Å². The van der Waals surface area contributed by atoms with Gasteiger partial charge in [-0.3, -0.25) is 0 Å². The molecule has 4 nitrogen and oxygen atoms in total. The number of nitrogens with two attached hydrogens (primary N) is 2. The van der Waals surface area contributed by atoms with Gasteiger partial charge < -0.3 is 21.3 Å². The molecule has 0 fully saturated rings. The molecule has 0 unspecified atom stereocenters.